The van der Waals surface area contributed by atoms with Crippen molar-refractivity contribution in [1.82, 2.24) is 4.90 Å². The van der Waals surface area contributed by atoms with Gasteiger partial charge in [0.05, 0.1) is 6.61 Å². The van der Waals surface area contributed by atoms with E-state index in [9.17, 15) is 9.59 Å². The first-order valence-corrected chi connectivity index (χ1v) is 7.05. The highest BCUT2D eigenvalue weighted by Gasteiger charge is 2.66. The Kier molecular flexibility index (Phi) is 3.56. The van der Waals surface area contributed by atoms with E-state index in [1.165, 1.54) is 0 Å². The molecule has 0 aromatic heterocycles. The summed E-state index contributed by atoms with van der Waals surface area (Å²) in [4.78, 5) is 25.9. The Labute approximate surface area is 119 Å². The summed E-state index contributed by atoms with van der Waals surface area (Å²) in [5.41, 5.74) is -0.709. The number of piperidine rings is 1. The molecule has 0 aromatic carbocycles. The van der Waals surface area contributed by atoms with Gasteiger partial charge in [0.1, 0.15) is 11.6 Å². The number of amides is 1. The van der Waals surface area contributed by atoms with Crippen molar-refractivity contribution in [3.8, 4) is 0 Å². The SMILES string of the molecule is C=C[C@@]12C[C@@H](C(=O)OCC)N(C(=O)OC(C)(C)C)[C@@H]1C2. The zero-order chi connectivity index (χ0) is 15.1. The van der Waals surface area contributed by atoms with Crippen LogP contribution in [0.15, 0.2) is 12.7 Å². The molecule has 1 aliphatic carbocycles. The normalized spacial score (nSPS) is 31.5. The highest BCUT2D eigenvalue weighted by atomic mass is 16.6. The van der Waals surface area contributed by atoms with E-state index in [4.69, 9.17) is 9.47 Å². The summed E-state index contributed by atoms with van der Waals surface area (Å²) >= 11 is 0. The summed E-state index contributed by atoms with van der Waals surface area (Å²) < 4.78 is 10.5. The maximum absolute atomic E-state index is 12.3. The monoisotopic (exact) mass is 281 g/mol. The van der Waals surface area contributed by atoms with E-state index in [-0.39, 0.29) is 17.4 Å². The number of carbonyl (C=O) groups is 2. The van der Waals surface area contributed by atoms with Gasteiger partial charge in [-0.3, -0.25) is 4.90 Å². The lowest BCUT2D eigenvalue weighted by Gasteiger charge is -2.29. The molecule has 20 heavy (non-hydrogen) atoms. The summed E-state index contributed by atoms with van der Waals surface area (Å²) in [6.45, 7) is 11.3. The number of nitrogens with zero attached hydrogens (tertiary/aromatic N) is 1. The van der Waals surface area contributed by atoms with Gasteiger partial charge in [0.2, 0.25) is 0 Å². The van der Waals surface area contributed by atoms with E-state index >= 15 is 0 Å². The van der Waals surface area contributed by atoms with Crippen LogP contribution in [0.5, 0.6) is 0 Å². The van der Waals surface area contributed by atoms with Crippen LogP contribution in [0.4, 0.5) is 4.79 Å². The first-order chi connectivity index (χ1) is 9.24. The predicted molar refractivity (Wildman–Crippen MR) is 74.1 cm³/mol. The van der Waals surface area contributed by atoms with E-state index in [0.29, 0.717) is 13.0 Å². The third-order valence-electron chi connectivity index (χ3n) is 3.89. The second kappa shape index (κ2) is 4.79. The van der Waals surface area contributed by atoms with Gasteiger partial charge in [0, 0.05) is 11.5 Å². The van der Waals surface area contributed by atoms with E-state index in [0.717, 1.165) is 6.42 Å². The number of ether oxygens (including phenoxy) is 2. The largest absolute Gasteiger partial charge is 0.464 e. The van der Waals surface area contributed by atoms with Crippen molar-refractivity contribution in [1.29, 1.82) is 0 Å². The van der Waals surface area contributed by atoms with Crippen LogP contribution in [-0.4, -0.2) is 41.3 Å². The Morgan fingerprint density at radius 3 is 2.55 bits per heavy atom. The first kappa shape index (κ1) is 14.9. The molecule has 5 heteroatoms. The van der Waals surface area contributed by atoms with E-state index < -0.39 is 17.7 Å². The lowest BCUT2D eigenvalue weighted by molar-refractivity contribution is -0.148. The number of fused-ring (bicyclic) bond motifs is 1. The summed E-state index contributed by atoms with van der Waals surface area (Å²) in [5, 5.41) is 0. The Morgan fingerprint density at radius 1 is 1.40 bits per heavy atom. The Bertz CT molecular complexity index is 440. The van der Waals surface area contributed by atoms with Crippen LogP contribution in [-0.2, 0) is 14.3 Å². The molecule has 2 rings (SSSR count). The molecule has 0 spiro atoms. The van der Waals surface area contributed by atoms with Crippen molar-refractivity contribution in [2.24, 2.45) is 5.41 Å². The maximum atomic E-state index is 12.3. The fourth-order valence-corrected chi connectivity index (χ4v) is 2.88. The zero-order valence-electron chi connectivity index (χ0n) is 12.6. The van der Waals surface area contributed by atoms with E-state index in [1.807, 2.05) is 26.8 Å². The maximum Gasteiger partial charge on any atom is 0.411 e. The van der Waals surface area contributed by atoms with Gasteiger partial charge in [0.15, 0.2) is 0 Å². The molecule has 5 nitrogen and oxygen atoms in total. The summed E-state index contributed by atoms with van der Waals surface area (Å²) in [6, 6.07) is -0.536. The number of carbonyl (C=O) groups excluding carboxylic acids is 2. The molecule has 112 valence electrons. The average Bonchev–Trinajstić information content (AvgIpc) is 2.93. The molecule has 1 heterocycles. The van der Waals surface area contributed by atoms with Gasteiger partial charge < -0.3 is 9.47 Å². The van der Waals surface area contributed by atoms with Crippen molar-refractivity contribution in [2.75, 3.05) is 6.61 Å². The molecular formula is C15H23NO4. The first-order valence-electron chi connectivity index (χ1n) is 7.05. The number of hydrogen-bond acceptors (Lipinski definition) is 4. The van der Waals surface area contributed by atoms with Gasteiger partial charge in [-0.25, -0.2) is 9.59 Å². The molecule has 0 radical (unpaired) electrons. The van der Waals surface area contributed by atoms with Crippen molar-refractivity contribution in [3.05, 3.63) is 12.7 Å². The third-order valence-corrected chi connectivity index (χ3v) is 3.89. The van der Waals surface area contributed by atoms with Crippen LogP contribution in [0.1, 0.15) is 40.5 Å². The van der Waals surface area contributed by atoms with E-state index in [1.54, 1.807) is 11.8 Å². The molecule has 1 aliphatic heterocycles. The number of likely N-dealkylation sites (tertiary alicyclic amines) is 1. The quantitative estimate of drug-likeness (QED) is 0.589. The van der Waals surface area contributed by atoms with Crippen molar-refractivity contribution >= 4 is 12.1 Å². The van der Waals surface area contributed by atoms with Gasteiger partial charge >= 0.3 is 12.1 Å². The Morgan fingerprint density at radius 2 is 2.05 bits per heavy atom. The standard InChI is InChI=1S/C15H23NO4/c1-6-15-8-10(12(17)19-7-2)16(11(15)9-15)13(18)20-14(3,4)5/h6,10-11H,1,7-9H2,2-5H3/t10-,11+,15-/m0/s1. The fraction of sp³-hybridized carbons (Fsp3) is 0.733. The van der Waals surface area contributed by atoms with Crippen molar-refractivity contribution in [3.63, 3.8) is 0 Å². The fourth-order valence-electron chi connectivity index (χ4n) is 2.88. The smallest absolute Gasteiger partial charge is 0.411 e. The molecule has 1 saturated carbocycles. The van der Waals surface area contributed by atoms with Crippen LogP contribution in [0, 0.1) is 5.41 Å². The highest BCUT2D eigenvalue weighted by Crippen LogP contribution is 2.60. The second-order valence-electron chi connectivity index (χ2n) is 6.52. The molecule has 0 bridgehead atoms. The molecule has 0 N–H and O–H groups in total. The number of esters is 1. The third kappa shape index (κ3) is 2.53. The molecule has 1 amide bonds. The van der Waals surface area contributed by atoms with Crippen LogP contribution in [0.3, 0.4) is 0 Å². The van der Waals surface area contributed by atoms with Gasteiger partial charge in [0.25, 0.3) is 0 Å². The summed E-state index contributed by atoms with van der Waals surface area (Å²) in [7, 11) is 0. The lowest BCUT2D eigenvalue weighted by atomic mass is 10.00. The van der Waals surface area contributed by atoms with Crippen LogP contribution >= 0.6 is 0 Å². The molecule has 2 aliphatic rings. The van der Waals surface area contributed by atoms with Crippen LogP contribution < -0.4 is 0 Å². The Hall–Kier alpha value is -1.52. The zero-order valence-corrected chi connectivity index (χ0v) is 12.6. The average molecular weight is 281 g/mol. The minimum atomic E-state index is -0.579. The van der Waals surface area contributed by atoms with Crippen molar-refractivity contribution in [2.45, 2.75) is 58.2 Å². The molecule has 0 unspecified atom stereocenters. The Balaban J connectivity index is 2.17. The van der Waals surface area contributed by atoms with Crippen LogP contribution in [0.25, 0.3) is 0 Å². The van der Waals surface area contributed by atoms with Gasteiger partial charge in [-0.05, 0) is 40.5 Å². The predicted octanol–water partition coefficient (Wildman–Crippen LogP) is 2.50. The molecule has 3 atom stereocenters. The molecular weight excluding hydrogens is 258 g/mol. The minimum Gasteiger partial charge on any atom is -0.464 e. The van der Waals surface area contributed by atoms with Gasteiger partial charge in [-0.1, -0.05) is 6.08 Å². The van der Waals surface area contributed by atoms with E-state index in [2.05, 4.69) is 6.58 Å². The summed E-state index contributed by atoms with van der Waals surface area (Å²) in [5.74, 6) is -0.355. The second-order valence-corrected chi connectivity index (χ2v) is 6.52. The molecule has 1 saturated heterocycles. The number of rotatable bonds is 3. The summed E-state index contributed by atoms with van der Waals surface area (Å²) in [6.07, 6.45) is 2.85. The highest BCUT2D eigenvalue weighted by molar-refractivity contribution is 5.84. The lowest BCUT2D eigenvalue weighted by Crippen LogP contribution is -2.46. The molecule has 0 aromatic rings. The van der Waals surface area contributed by atoms with Crippen molar-refractivity contribution < 1.29 is 19.1 Å². The van der Waals surface area contributed by atoms with Gasteiger partial charge in [-0.15, -0.1) is 6.58 Å². The molecule has 2 fully saturated rings. The van der Waals surface area contributed by atoms with Crippen LogP contribution in [0.2, 0.25) is 0 Å². The van der Waals surface area contributed by atoms with Gasteiger partial charge in [-0.2, -0.15) is 0 Å². The topological polar surface area (TPSA) is 55.8 Å². The minimum absolute atomic E-state index is 0.0178. The number of hydrogen-bond donors (Lipinski definition) is 0.